The van der Waals surface area contributed by atoms with E-state index in [0.717, 1.165) is 23.4 Å². The standard InChI is InChI=1S/C12H16ClNO/c13-11-5-1-9(2-6-11)7-12(15,8-14)10-3-4-10/h1-2,5-6,10,15H,3-4,7-8,14H2. The summed E-state index contributed by atoms with van der Waals surface area (Å²) in [4.78, 5) is 0. The summed E-state index contributed by atoms with van der Waals surface area (Å²) in [5.41, 5.74) is 6.03. The molecule has 0 heterocycles. The van der Waals surface area contributed by atoms with Crippen LogP contribution in [0.4, 0.5) is 0 Å². The van der Waals surface area contributed by atoms with Gasteiger partial charge in [-0.3, -0.25) is 0 Å². The largest absolute Gasteiger partial charge is 0.388 e. The third-order valence-electron chi connectivity index (χ3n) is 3.11. The van der Waals surface area contributed by atoms with Gasteiger partial charge in [0.25, 0.3) is 0 Å². The molecule has 1 atom stereocenters. The van der Waals surface area contributed by atoms with E-state index in [1.165, 1.54) is 0 Å². The quantitative estimate of drug-likeness (QED) is 0.823. The van der Waals surface area contributed by atoms with E-state index in [2.05, 4.69) is 0 Å². The zero-order valence-electron chi connectivity index (χ0n) is 8.62. The van der Waals surface area contributed by atoms with Crippen LogP contribution in [0, 0.1) is 5.92 Å². The second-order valence-corrected chi connectivity index (χ2v) is 4.82. The molecule has 2 nitrogen and oxygen atoms in total. The molecule has 1 saturated carbocycles. The lowest BCUT2D eigenvalue weighted by molar-refractivity contribution is 0.0267. The SMILES string of the molecule is NCC(O)(Cc1ccc(Cl)cc1)C1CC1. The summed E-state index contributed by atoms with van der Waals surface area (Å²) in [5.74, 6) is 0.387. The summed E-state index contributed by atoms with van der Waals surface area (Å²) in [6.45, 7) is 0.334. The topological polar surface area (TPSA) is 46.2 Å². The Morgan fingerprint density at radius 1 is 1.33 bits per heavy atom. The van der Waals surface area contributed by atoms with E-state index < -0.39 is 5.60 Å². The van der Waals surface area contributed by atoms with Gasteiger partial charge in [0.15, 0.2) is 0 Å². The van der Waals surface area contributed by atoms with Gasteiger partial charge in [-0.1, -0.05) is 23.7 Å². The Kier molecular flexibility index (Phi) is 3.01. The van der Waals surface area contributed by atoms with E-state index in [9.17, 15) is 5.11 Å². The van der Waals surface area contributed by atoms with Crippen molar-refractivity contribution in [3.05, 3.63) is 34.9 Å². The highest BCUT2D eigenvalue weighted by atomic mass is 35.5. The first-order chi connectivity index (χ1) is 7.14. The van der Waals surface area contributed by atoms with Crippen molar-refractivity contribution in [3.8, 4) is 0 Å². The van der Waals surface area contributed by atoms with Crippen LogP contribution in [0.2, 0.25) is 5.02 Å². The van der Waals surface area contributed by atoms with E-state index in [4.69, 9.17) is 17.3 Å². The number of hydrogen-bond acceptors (Lipinski definition) is 2. The highest BCUT2D eigenvalue weighted by Gasteiger charge is 2.42. The van der Waals surface area contributed by atoms with Crippen LogP contribution in [0.1, 0.15) is 18.4 Å². The van der Waals surface area contributed by atoms with Crippen LogP contribution in [0.15, 0.2) is 24.3 Å². The highest BCUT2D eigenvalue weighted by molar-refractivity contribution is 6.30. The molecule has 0 aromatic heterocycles. The number of aliphatic hydroxyl groups is 1. The Labute approximate surface area is 95.1 Å². The molecule has 0 radical (unpaired) electrons. The molecule has 3 heteroatoms. The zero-order valence-corrected chi connectivity index (χ0v) is 9.37. The maximum Gasteiger partial charge on any atom is 0.0837 e. The first-order valence-corrected chi connectivity index (χ1v) is 5.69. The lowest BCUT2D eigenvalue weighted by Gasteiger charge is -2.26. The number of nitrogens with two attached hydrogens (primary N) is 1. The molecule has 1 aromatic rings. The summed E-state index contributed by atoms with van der Waals surface area (Å²) < 4.78 is 0. The summed E-state index contributed by atoms with van der Waals surface area (Å²) in [5, 5.41) is 11.0. The fourth-order valence-corrected chi connectivity index (χ4v) is 2.09. The second kappa shape index (κ2) is 4.12. The van der Waals surface area contributed by atoms with Gasteiger partial charge in [-0.2, -0.15) is 0 Å². The maximum absolute atomic E-state index is 10.3. The van der Waals surface area contributed by atoms with Crippen LogP contribution < -0.4 is 5.73 Å². The van der Waals surface area contributed by atoms with Crippen molar-refractivity contribution in [2.45, 2.75) is 24.9 Å². The fourth-order valence-electron chi connectivity index (χ4n) is 1.96. The fraction of sp³-hybridized carbons (Fsp3) is 0.500. The molecule has 1 aliphatic rings. The molecule has 0 bridgehead atoms. The molecule has 1 fully saturated rings. The summed E-state index contributed by atoms with van der Waals surface area (Å²) in [6, 6.07) is 7.60. The Morgan fingerprint density at radius 2 is 1.93 bits per heavy atom. The summed E-state index contributed by atoms with van der Waals surface area (Å²) >= 11 is 5.80. The van der Waals surface area contributed by atoms with E-state index in [1.54, 1.807) is 0 Å². The summed E-state index contributed by atoms with van der Waals surface area (Å²) in [6.07, 6.45) is 2.83. The van der Waals surface area contributed by atoms with Crippen molar-refractivity contribution in [2.24, 2.45) is 11.7 Å². The van der Waals surface area contributed by atoms with Crippen LogP contribution in [-0.2, 0) is 6.42 Å². The van der Waals surface area contributed by atoms with Gasteiger partial charge in [0.1, 0.15) is 0 Å². The Hall–Kier alpha value is -0.570. The van der Waals surface area contributed by atoms with Crippen molar-refractivity contribution in [3.63, 3.8) is 0 Å². The van der Waals surface area contributed by atoms with Crippen LogP contribution >= 0.6 is 11.6 Å². The molecule has 0 saturated heterocycles. The third kappa shape index (κ3) is 2.51. The smallest absolute Gasteiger partial charge is 0.0837 e. The molecule has 0 amide bonds. The van der Waals surface area contributed by atoms with Crippen LogP contribution in [0.25, 0.3) is 0 Å². The molecule has 3 N–H and O–H groups in total. The van der Waals surface area contributed by atoms with Gasteiger partial charge in [0.2, 0.25) is 0 Å². The van der Waals surface area contributed by atoms with E-state index in [0.29, 0.717) is 18.9 Å². The Morgan fingerprint density at radius 3 is 2.40 bits per heavy atom. The molecule has 15 heavy (non-hydrogen) atoms. The Bertz CT molecular complexity index is 334. The van der Waals surface area contributed by atoms with Crippen LogP contribution in [-0.4, -0.2) is 17.3 Å². The predicted molar refractivity (Wildman–Crippen MR) is 61.9 cm³/mol. The van der Waals surface area contributed by atoms with Crippen molar-refractivity contribution in [2.75, 3.05) is 6.54 Å². The van der Waals surface area contributed by atoms with Gasteiger partial charge >= 0.3 is 0 Å². The number of rotatable bonds is 4. The van der Waals surface area contributed by atoms with Gasteiger partial charge in [-0.15, -0.1) is 0 Å². The molecule has 1 aliphatic carbocycles. The lowest BCUT2D eigenvalue weighted by Crippen LogP contribution is -2.42. The minimum Gasteiger partial charge on any atom is -0.388 e. The average molecular weight is 226 g/mol. The first-order valence-electron chi connectivity index (χ1n) is 5.31. The molecular formula is C12H16ClNO. The molecule has 0 spiro atoms. The van der Waals surface area contributed by atoms with Gasteiger partial charge in [0, 0.05) is 18.0 Å². The Balaban J connectivity index is 2.09. The normalized spacial score (nSPS) is 19.9. The molecule has 2 rings (SSSR count). The van der Waals surface area contributed by atoms with E-state index in [-0.39, 0.29) is 0 Å². The highest BCUT2D eigenvalue weighted by Crippen LogP contribution is 2.40. The molecule has 1 unspecified atom stereocenters. The summed E-state index contributed by atoms with van der Waals surface area (Å²) in [7, 11) is 0. The van der Waals surface area contributed by atoms with Gasteiger partial charge < -0.3 is 10.8 Å². The van der Waals surface area contributed by atoms with E-state index >= 15 is 0 Å². The van der Waals surface area contributed by atoms with Crippen LogP contribution in [0.5, 0.6) is 0 Å². The van der Waals surface area contributed by atoms with Gasteiger partial charge in [-0.05, 0) is 36.5 Å². The molecule has 1 aromatic carbocycles. The van der Waals surface area contributed by atoms with Gasteiger partial charge in [-0.25, -0.2) is 0 Å². The monoisotopic (exact) mass is 225 g/mol. The molecule has 82 valence electrons. The van der Waals surface area contributed by atoms with Crippen molar-refractivity contribution < 1.29 is 5.11 Å². The lowest BCUT2D eigenvalue weighted by atomic mass is 9.90. The number of benzene rings is 1. The first kappa shape index (κ1) is 10.9. The third-order valence-corrected chi connectivity index (χ3v) is 3.37. The minimum atomic E-state index is -0.714. The van der Waals surface area contributed by atoms with Crippen molar-refractivity contribution in [1.29, 1.82) is 0 Å². The number of halogens is 1. The average Bonchev–Trinajstić information content (AvgIpc) is 3.05. The minimum absolute atomic E-state index is 0.334. The van der Waals surface area contributed by atoms with Gasteiger partial charge in [0.05, 0.1) is 5.60 Å². The second-order valence-electron chi connectivity index (χ2n) is 4.39. The zero-order chi connectivity index (χ0) is 10.9. The number of hydrogen-bond donors (Lipinski definition) is 2. The molecule has 0 aliphatic heterocycles. The van der Waals surface area contributed by atoms with Crippen molar-refractivity contribution >= 4 is 11.6 Å². The van der Waals surface area contributed by atoms with Crippen molar-refractivity contribution in [1.82, 2.24) is 0 Å². The van der Waals surface area contributed by atoms with Crippen LogP contribution in [0.3, 0.4) is 0 Å². The maximum atomic E-state index is 10.3. The predicted octanol–water partition coefficient (Wildman–Crippen LogP) is 1.98. The van der Waals surface area contributed by atoms with E-state index in [1.807, 2.05) is 24.3 Å². The molecular weight excluding hydrogens is 210 g/mol.